The summed E-state index contributed by atoms with van der Waals surface area (Å²) in [6, 6.07) is 8.16. The van der Waals surface area contributed by atoms with Gasteiger partial charge in [-0.2, -0.15) is 0 Å². The molecular weight excluding hydrogens is 312 g/mol. The van der Waals surface area contributed by atoms with Gasteiger partial charge >= 0.3 is 0 Å². The van der Waals surface area contributed by atoms with Crippen LogP contribution >= 0.6 is 11.8 Å². The molecule has 0 aromatic heterocycles. The van der Waals surface area contributed by atoms with Crippen LogP contribution in [0.2, 0.25) is 0 Å². The fraction of sp³-hybridized carbons (Fsp3) is 0.667. The van der Waals surface area contributed by atoms with E-state index < -0.39 is 5.79 Å². The number of methoxy groups -OCH3 is 1. The van der Waals surface area contributed by atoms with Crippen molar-refractivity contribution in [3.63, 3.8) is 0 Å². The summed E-state index contributed by atoms with van der Waals surface area (Å²) in [5.41, 5.74) is -0.332. The van der Waals surface area contributed by atoms with Crippen LogP contribution < -0.4 is 4.74 Å². The van der Waals surface area contributed by atoms with Gasteiger partial charge in [-0.1, -0.05) is 24.6 Å². The number of ether oxygens (including phenoxy) is 2. The molecule has 0 N–H and O–H groups in total. The van der Waals surface area contributed by atoms with Crippen molar-refractivity contribution in [1.29, 1.82) is 0 Å². The maximum Gasteiger partial charge on any atom is 0.200 e. The maximum absolute atomic E-state index is 6.40. The Hall–Kier alpha value is -0.750. The second-order valence-electron chi connectivity index (χ2n) is 6.98. The molecule has 4 fully saturated rings. The third kappa shape index (κ3) is 2.78. The molecule has 1 saturated carbocycles. The zero-order valence-electron chi connectivity index (χ0n) is 13.7. The monoisotopic (exact) mass is 336 g/mol. The molecule has 5 rings (SSSR count). The minimum atomic E-state index is -0.618. The van der Waals surface area contributed by atoms with E-state index in [0.29, 0.717) is 5.92 Å². The number of hydrogen-bond donors (Lipinski definition) is 0. The summed E-state index contributed by atoms with van der Waals surface area (Å²) in [6.07, 6.45) is 6.71. The van der Waals surface area contributed by atoms with Gasteiger partial charge in [0, 0.05) is 11.3 Å². The Morgan fingerprint density at radius 2 is 1.91 bits per heavy atom. The molecule has 126 valence electrons. The van der Waals surface area contributed by atoms with Crippen LogP contribution in [-0.2, 0) is 14.5 Å². The molecule has 3 aliphatic heterocycles. The molecule has 1 aromatic rings. The lowest BCUT2D eigenvalue weighted by Gasteiger charge is -2.49. The highest BCUT2D eigenvalue weighted by Gasteiger charge is 2.59. The van der Waals surface area contributed by atoms with E-state index in [0.717, 1.165) is 25.0 Å². The Balaban J connectivity index is 1.62. The normalized spacial score (nSPS) is 39.6. The number of fused-ring (bicyclic) bond motifs is 3. The van der Waals surface area contributed by atoms with E-state index in [1.807, 2.05) is 19.1 Å². The first-order valence-electron chi connectivity index (χ1n) is 8.49. The van der Waals surface area contributed by atoms with Crippen LogP contribution in [0.5, 0.6) is 5.75 Å². The summed E-state index contributed by atoms with van der Waals surface area (Å²) in [5.74, 6) is 0.779. The molecule has 5 heteroatoms. The van der Waals surface area contributed by atoms with Crippen LogP contribution in [0.1, 0.15) is 45.4 Å². The van der Waals surface area contributed by atoms with Crippen molar-refractivity contribution < 1.29 is 19.2 Å². The molecule has 3 heterocycles. The molecule has 1 spiro atoms. The Morgan fingerprint density at radius 1 is 1.09 bits per heavy atom. The van der Waals surface area contributed by atoms with E-state index in [1.165, 1.54) is 24.2 Å². The molecule has 1 aromatic carbocycles. The molecule has 0 amide bonds. The van der Waals surface area contributed by atoms with Gasteiger partial charge in [-0.15, -0.1) is 0 Å². The van der Waals surface area contributed by atoms with E-state index in [4.69, 9.17) is 19.2 Å². The molecule has 23 heavy (non-hydrogen) atoms. The van der Waals surface area contributed by atoms with Gasteiger partial charge in [0.25, 0.3) is 0 Å². The SMILES string of the molecule is COc1ccc(S[C@H]2O[C@@]3(C)CC[C@H]4CCCC[C@]42OO3)cc1. The van der Waals surface area contributed by atoms with Crippen molar-refractivity contribution in [3.8, 4) is 5.75 Å². The van der Waals surface area contributed by atoms with E-state index >= 15 is 0 Å². The predicted molar refractivity (Wildman–Crippen MR) is 88.2 cm³/mol. The Kier molecular flexibility index (Phi) is 4.08. The fourth-order valence-corrected chi connectivity index (χ4v) is 5.38. The Morgan fingerprint density at radius 3 is 2.70 bits per heavy atom. The van der Waals surface area contributed by atoms with Crippen LogP contribution in [0.3, 0.4) is 0 Å². The lowest BCUT2D eigenvalue weighted by Crippen LogP contribution is -2.57. The third-order valence-corrected chi connectivity index (χ3v) is 6.69. The smallest absolute Gasteiger partial charge is 0.200 e. The Labute approximate surface area is 141 Å². The van der Waals surface area contributed by atoms with Crippen LogP contribution in [0, 0.1) is 5.92 Å². The minimum absolute atomic E-state index is 0.0255. The van der Waals surface area contributed by atoms with E-state index in [2.05, 4.69) is 12.1 Å². The highest BCUT2D eigenvalue weighted by molar-refractivity contribution is 7.99. The van der Waals surface area contributed by atoms with Gasteiger partial charge in [-0.25, -0.2) is 9.78 Å². The van der Waals surface area contributed by atoms with Crippen molar-refractivity contribution in [2.45, 2.75) is 67.2 Å². The number of benzene rings is 1. The second kappa shape index (κ2) is 5.96. The Bertz CT molecular complexity index is 559. The molecule has 4 nitrogen and oxygen atoms in total. The highest BCUT2D eigenvalue weighted by atomic mass is 32.2. The second-order valence-corrected chi connectivity index (χ2v) is 8.12. The summed E-state index contributed by atoms with van der Waals surface area (Å²) in [4.78, 5) is 12.9. The van der Waals surface area contributed by atoms with Gasteiger partial charge in [-0.3, -0.25) is 0 Å². The average Bonchev–Trinajstić information content (AvgIpc) is 2.80. The lowest BCUT2D eigenvalue weighted by molar-refractivity contribution is -0.513. The lowest BCUT2D eigenvalue weighted by atomic mass is 9.74. The minimum Gasteiger partial charge on any atom is -0.497 e. The fourth-order valence-electron chi connectivity index (χ4n) is 4.04. The molecule has 2 bridgehead atoms. The molecule has 3 saturated heterocycles. The standard InChI is InChI=1S/C18H24O4S/c1-17-12-10-13-5-3-4-11-18(13,22-21-17)16(20-17)23-15-8-6-14(19-2)7-9-15/h6-9,13,16H,3-5,10-12H2,1-2H3/t13-,16-,17-,18+/m1/s1. The van der Waals surface area contributed by atoms with Crippen molar-refractivity contribution in [2.24, 2.45) is 5.92 Å². The van der Waals surface area contributed by atoms with Crippen LogP contribution in [0.15, 0.2) is 29.2 Å². The highest BCUT2D eigenvalue weighted by Crippen LogP contribution is 2.55. The maximum atomic E-state index is 6.40. The zero-order valence-corrected chi connectivity index (χ0v) is 14.6. The molecule has 0 radical (unpaired) electrons. The first-order valence-corrected chi connectivity index (χ1v) is 9.37. The summed E-state index contributed by atoms with van der Waals surface area (Å²) < 4.78 is 11.6. The number of rotatable bonds is 3. The zero-order chi connectivity index (χ0) is 15.9. The molecule has 0 unspecified atom stereocenters. The van der Waals surface area contributed by atoms with Crippen LogP contribution in [-0.4, -0.2) is 23.9 Å². The number of thioether (sulfide) groups is 1. The summed E-state index contributed by atoms with van der Waals surface area (Å²) in [6.45, 7) is 2.00. The predicted octanol–water partition coefficient (Wildman–Crippen LogP) is 4.53. The van der Waals surface area contributed by atoms with Gasteiger partial charge in [0.1, 0.15) is 16.8 Å². The van der Waals surface area contributed by atoms with Gasteiger partial charge in [-0.05, 0) is 56.4 Å². The quantitative estimate of drug-likeness (QED) is 0.758. The summed E-state index contributed by atoms with van der Waals surface area (Å²) in [7, 11) is 1.69. The number of hydrogen-bond acceptors (Lipinski definition) is 5. The van der Waals surface area contributed by atoms with Gasteiger partial charge in [0.15, 0.2) is 5.79 Å². The molecule has 4 aliphatic rings. The van der Waals surface area contributed by atoms with Gasteiger partial charge in [0.2, 0.25) is 0 Å². The van der Waals surface area contributed by atoms with Gasteiger partial charge in [0.05, 0.1) is 7.11 Å². The van der Waals surface area contributed by atoms with Crippen molar-refractivity contribution in [3.05, 3.63) is 24.3 Å². The third-order valence-electron chi connectivity index (χ3n) is 5.44. The van der Waals surface area contributed by atoms with Crippen molar-refractivity contribution in [2.75, 3.05) is 7.11 Å². The van der Waals surface area contributed by atoms with Crippen molar-refractivity contribution in [1.82, 2.24) is 0 Å². The van der Waals surface area contributed by atoms with E-state index in [1.54, 1.807) is 18.9 Å². The molecular formula is C18H24O4S. The topological polar surface area (TPSA) is 36.9 Å². The van der Waals surface area contributed by atoms with E-state index in [9.17, 15) is 0 Å². The van der Waals surface area contributed by atoms with Crippen molar-refractivity contribution >= 4 is 11.8 Å². The summed E-state index contributed by atoms with van der Waals surface area (Å²) >= 11 is 1.75. The van der Waals surface area contributed by atoms with Crippen LogP contribution in [0.25, 0.3) is 0 Å². The molecule has 4 atom stereocenters. The van der Waals surface area contributed by atoms with Crippen LogP contribution in [0.4, 0.5) is 0 Å². The van der Waals surface area contributed by atoms with E-state index in [-0.39, 0.29) is 11.0 Å². The summed E-state index contributed by atoms with van der Waals surface area (Å²) in [5, 5.41) is 0. The largest absolute Gasteiger partial charge is 0.497 e. The van der Waals surface area contributed by atoms with Gasteiger partial charge < -0.3 is 9.47 Å². The first kappa shape index (κ1) is 15.8. The average molecular weight is 336 g/mol. The first-order chi connectivity index (χ1) is 11.1. The molecule has 1 aliphatic carbocycles.